The molecule has 8 heteroatoms. The Morgan fingerprint density at radius 2 is 1.58 bits per heavy atom. The number of hydrogen-bond acceptors (Lipinski definition) is 5. The monoisotopic (exact) mass is 381 g/mol. The van der Waals surface area contributed by atoms with Crippen LogP contribution in [0.4, 0.5) is 5.69 Å². The van der Waals surface area contributed by atoms with Gasteiger partial charge in [0.25, 0.3) is 0 Å². The smallest absolute Gasteiger partial charge is 0.225 e. The molecule has 2 aliphatic rings. The largest absolute Gasteiger partial charge is 0.497 e. The third-order valence-electron chi connectivity index (χ3n) is 5.30. The Kier molecular flexibility index (Phi) is 5.72. The van der Waals surface area contributed by atoms with Crippen LogP contribution in [0.3, 0.4) is 0 Å². The molecule has 0 bridgehead atoms. The van der Waals surface area contributed by atoms with E-state index < -0.39 is 10.0 Å². The van der Waals surface area contributed by atoms with Crippen molar-refractivity contribution in [3.05, 3.63) is 24.3 Å². The van der Waals surface area contributed by atoms with Crippen molar-refractivity contribution in [2.24, 2.45) is 5.92 Å². The Morgan fingerprint density at radius 1 is 1.00 bits per heavy atom. The SMILES string of the molecule is COc1ccc(N2CCN(C(=O)C3CCN(S(C)(=O)=O)CC3)CC2)cc1. The molecule has 2 heterocycles. The number of hydrogen-bond donors (Lipinski definition) is 0. The molecule has 0 N–H and O–H groups in total. The lowest BCUT2D eigenvalue weighted by Crippen LogP contribution is -2.52. The zero-order chi connectivity index (χ0) is 18.7. The summed E-state index contributed by atoms with van der Waals surface area (Å²) >= 11 is 0. The molecule has 2 aliphatic heterocycles. The van der Waals surface area contributed by atoms with Gasteiger partial charge in [0.1, 0.15) is 5.75 Å². The minimum absolute atomic E-state index is 0.0551. The van der Waals surface area contributed by atoms with Gasteiger partial charge >= 0.3 is 0 Å². The predicted molar refractivity (Wildman–Crippen MR) is 101 cm³/mol. The average molecular weight is 381 g/mol. The first-order valence-corrected chi connectivity index (χ1v) is 10.9. The maximum atomic E-state index is 12.8. The van der Waals surface area contributed by atoms with E-state index in [1.54, 1.807) is 7.11 Å². The number of piperidine rings is 1. The molecule has 0 saturated carbocycles. The minimum atomic E-state index is -3.15. The number of anilines is 1. The highest BCUT2D eigenvalue weighted by Gasteiger charge is 2.32. The van der Waals surface area contributed by atoms with Gasteiger partial charge in [0.2, 0.25) is 15.9 Å². The van der Waals surface area contributed by atoms with Gasteiger partial charge in [-0.15, -0.1) is 0 Å². The number of piperazine rings is 1. The Bertz CT molecular complexity index is 719. The third-order valence-corrected chi connectivity index (χ3v) is 6.60. The summed E-state index contributed by atoms with van der Waals surface area (Å²) in [6.07, 6.45) is 2.46. The van der Waals surface area contributed by atoms with E-state index in [2.05, 4.69) is 4.90 Å². The lowest BCUT2D eigenvalue weighted by atomic mass is 9.96. The number of nitrogens with zero attached hydrogens (tertiary/aromatic N) is 3. The van der Waals surface area contributed by atoms with Crippen LogP contribution in [-0.2, 0) is 14.8 Å². The van der Waals surface area contributed by atoms with Crippen molar-refractivity contribution in [2.45, 2.75) is 12.8 Å². The van der Waals surface area contributed by atoms with Crippen LogP contribution in [0.15, 0.2) is 24.3 Å². The number of benzene rings is 1. The molecule has 3 rings (SSSR count). The summed E-state index contributed by atoms with van der Waals surface area (Å²) in [5, 5.41) is 0. The predicted octanol–water partition coefficient (Wildman–Crippen LogP) is 1.02. The van der Waals surface area contributed by atoms with Crippen molar-refractivity contribution in [1.82, 2.24) is 9.21 Å². The van der Waals surface area contributed by atoms with Crippen molar-refractivity contribution in [1.29, 1.82) is 0 Å². The highest BCUT2D eigenvalue weighted by molar-refractivity contribution is 7.88. The normalized spacial score (nSPS) is 20.2. The van der Waals surface area contributed by atoms with E-state index in [1.165, 1.54) is 10.6 Å². The summed E-state index contributed by atoms with van der Waals surface area (Å²) in [4.78, 5) is 17.0. The van der Waals surface area contributed by atoms with Gasteiger partial charge in [-0.2, -0.15) is 0 Å². The fourth-order valence-electron chi connectivity index (χ4n) is 3.67. The van der Waals surface area contributed by atoms with E-state index in [9.17, 15) is 13.2 Å². The van der Waals surface area contributed by atoms with Crippen LogP contribution in [0.5, 0.6) is 5.75 Å². The van der Waals surface area contributed by atoms with E-state index in [-0.39, 0.29) is 11.8 Å². The molecule has 0 radical (unpaired) electrons. The third kappa shape index (κ3) is 4.29. The lowest BCUT2D eigenvalue weighted by Gasteiger charge is -2.39. The molecule has 0 aromatic heterocycles. The molecular weight excluding hydrogens is 354 g/mol. The van der Waals surface area contributed by atoms with E-state index in [0.29, 0.717) is 39.0 Å². The van der Waals surface area contributed by atoms with Crippen LogP contribution in [0.1, 0.15) is 12.8 Å². The summed E-state index contributed by atoms with van der Waals surface area (Å²) in [7, 11) is -1.50. The van der Waals surface area contributed by atoms with Crippen LogP contribution >= 0.6 is 0 Å². The molecule has 1 aromatic carbocycles. The number of rotatable bonds is 4. The molecule has 0 aliphatic carbocycles. The van der Waals surface area contributed by atoms with Gasteiger partial charge in [-0.25, -0.2) is 12.7 Å². The van der Waals surface area contributed by atoms with Gasteiger partial charge < -0.3 is 14.5 Å². The van der Waals surface area contributed by atoms with E-state index in [1.807, 2.05) is 29.2 Å². The second-order valence-electron chi connectivity index (χ2n) is 6.95. The summed E-state index contributed by atoms with van der Waals surface area (Å²) in [6, 6.07) is 7.97. The second-order valence-corrected chi connectivity index (χ2v) is 8.93. The maximum Gasteiger partial charge on any atom is 0.225 e. The van der Waals surface area contributed by atoms with Crippen LogP contribution in [0, 0.1) is 5.92 Å². The molecule has 0 unspecified atom stereocenters. The summed E-state index contributed by atoms with van der Waals surface area (Å²) in [5.41, 5.74) is 1.14. The van der Waals surface area contributed by atoms with Gasteiger partial charge in [-0.3, -0.25) is 4.79 Å². The number of sulfonamides is 1. The van der Waals surface area contributed by atoms with Gasteiger partial charge in [-0.05, 0) is 37.1 Å². The van der Waals surface area contributed by atoms with Gasteiger partial charge in [-0.1, -0.05) is 0 Å². The molecule has 144 valence electrons. The van der Waals surface area contributed by atoms with Crippen molar-refractivity contribution in [3.8, 4) is 5.75 Å². The quantitative estimate of drug-likeness (QED) is 0.779. The molecular formula is C18H27N3O4S. The van der Waals surface area contributed by atoms with Crippen LogP contribution < -0.4 is 9.64 Å². The van der Waals surface area contributed by atoms with Crippen LogP contribution in [-0.4, -0.2) is 76.2 Å². The summed E-state index contributed by atoms with van der Waals surface area (Å²) < 4.78 is 29.8. The maximum absolute atomic E-state index is 12.8. The zero-order valence-electron chi connectivity index (χ0n) is 15.4. The Morgan fingerprint density at radius 3 is 2.08 bits per heavy atom. The minimum Gasteiger partial charge on any atom is -0.497 e. The first kappa shape index (κ1) is 19.0. The highest BCUT2D eigenvalue weighted by Crippen LogP contribution is 2.24. The first-order chi connectivity index (χ1) is 12.4. The van der Waals surface area contributed by atoms with Crippen LogP contribution in [0.2, 0.25) is 0 Å². The molecule has 2 fully saturated rings. The molecule has 0 spiro atoms. The number of ether oxygens (including phenoxy) is 1. The zero-order valence-corrected chi connectivity index (χ0v) is 16.2. The standard InChI is InChI=1S/C18H27N3O4S/c1-25-17-5-3-16(4-6-17)19-11-13-20(14-12-19)18(22)15-7-9-21(10-8-15)26(2,23)24/h3-6,15H,7-14H2,1-2H3. The molecule has 1 amide bonds. The van der Waals surface area contributed by atoms with E-state index in [4.69, 9.17) is 4.74 Å². The number of carbonyl (C=O) groups excluding carboxylic acids is 1. The Hall–Kier alpha value is -1.80. The van der Waals surface area contributed by atoms with Crippen LogP contribution in [0.25, 0.3) is 0 Å². The number of amides is 1. The lowest BCUT2D eigenvalue weighted by molar-refractivity contribution is -0.137. The first-order valence-electron chi connectivity index (χ1n) is 9.01. The fourth-order valence-corrected chi connectivity index (χ4v) is 4.54. The Balaban J connectivity index is 1.51. The van der Waals surface area contributed by atoms with Crippen molar-refractivity contribution >= 4 is 21.6 Å². The molecule has 1 aromatic rings. The highest BCUT2D eigenvalue weighted by atomic mass is 32.2. The van der Waals surface area contributed by atoms with Gasteiger partial charge in [0.15, 0.2) is 0 Å². The van der Waals surface area contributed by atoms with E-state index >= 15 is 0 Å². The average Bonchev–Trinajstić information content (AvgIpc) is 2.67. The molecule has 0 atom stereocenters. The second kappa shape index (κ2) is 7.84. The molecule has 26 heavy (non-hydrogen) atoms. The molecule has 2 saturated heterocycles. The number of carbonyl (C=O) groups is 1. The summed E-state index contributed by atoms with van der Waals surface area (Å²) in [5.74, 6) is 0.955. The van der Waals surface area contributed by atoms with Crippen molar-refractivity contribution in [2.75, 3.05) is 57.5 Å². The topological polar surface area (TPSA) is 70.2 Å². The van der Waals surface area contributed by atoms with Crippen molar-refractivity contribution in [3.63, 3.8) is 0 Å². The Labute approximate surface area is 155 Å². The van der Waals surface area contributed by atoms with Crippen molar-refractivity contribution < 1.29 is 17.9 Å². The number of methoxy groups -OCH3 is 1. The van der Waals surface area contributed by atoms with Gasteiger partial charge in [0.05, 0.1) is 13.4 Å². The van der Waals surface area contributed by atoms with E-state index in [0.717, 1.165) is 24.5 Å². The fraction of sp³-hybridized carbons (Fsp3) is 0.611. The summed E-state index contributed by atoms with van der Waals surface area (Å²) in [6.45, 7) is 3.91. The molecule has 7 nitrogen and oxygen atoms in total. The van der Waals surface area contributed by atoms with Gasteiger partial charge in [0, 0.05) is 50.9 Å².